The van der Waals surface area contributed by atoms with Crippen LogP contribution in [0.25, 0.3) is 0 Å². The Labute approximate surface area is 301 Å². The largest absolute Gasteiger partial charge is 0.390 e. The summed E-state index contributed by atoms with van der Waals surface area (Å²) >= 11 is 0. The molecule has 11 atom stereocenters. The lowest BCUT2D eigenvalue weighted by molar-refractivity contribution is -0.324. The van der Waals surface area contributed by atoms with Crippen molar-refractivity contribution in [2.24, 2.45) is 23.7 Å². The molecule has 3 saturated heterocycles. The molecule has 50 heavy (non-hydrogen) atoms. The zero-order chi connectivity index (χ0) is 36.8. The van der Waals surface area contributed by atoms with Crippen molar-refractivity contribution < 1.29 is 38.8 Å². The molecule has 4 N–H and O–H groups in total. The number of hydrogen-bond donors (Lipinski definition) is 4. The Hall–Kier alpha value is -2.11. The summed E-state index contributed by atoms with van der Waals surface area (Å²) in [5, 5.41) is 26.2. The standard InChI is InChI=1S/C40H68N2O8/c1-8-11-32(44)23-34-17-15-27(3)37(48-34)24-38(46)42-25-35(45)30(6)39(47)41-21-10-13-36-28(4)18-20-40(50-36)19-9-12-33(49-40)16-14-26(2)22-29(5)31(7)43/h8,11,22,26-28,30-31,33-37,43,45H,9-10,12-21,23-25H2,1-7H3,(H,41,47)(H,42,46)/b11-8+,29-22+. The minimum Gasteiger partial charge on any atom is -0.390 e. The summed E-state index contributed by atoms with van der Waals surface area (Å²) in [6, 6.07) is 0. The van der Waals surface area contributed by atoms with Gasteiger partial charge in [-0.2, -0.15) is 0 Å². The lowest BCUT2D eigenvalue weighted by atomic mass is 9.85. The minimum absolute atomic E-state index is 0.0223. The van der Waals surface area contributed by atoms with Gasteiger partial charge < -0.3 is 35.1 Å². The molecule has 3 aliphatic heterocycles. The Morgan fingerprint density at radius 3 is 2.36 bits per heavy atom. The normalized spacial score (nSPS) is 31.6. The number of hydrogen-bond acceptors (Lipinski definition) is 8. The lowest BCUT2D eigenvalue weighted by Crippen LogP contribution is -2.50. The number of carbonyl (C=O) groups is 3. The van der Waals surface area contributed by atoms with Crippen LogP contribution in [0.15, 0.2) is 23.8 Å². The summed E-state index contributed by atoms with van der Waals surface area (Å²) in [4.78, 5) is 37.6. The highest BCUT2D eigenvalue weighted by molar-refractivity contribution is 5.89. The van der Waals surface area contributed by atoms with Crippen molar-refractivity contribution in [3.05, 3.63) is 23.8 Å². The molecular formula is C40H68N2O8. The molecule has 0 aromatic carbocycles. The topological polar surface area (TPSA) is 143 Å². The van der Waals surface area contributed by atoms with Crippen LogP contribution < -0.4 is 10.6 Å². The molecule has 11 unspecified atom stereocenters. The van der Waals surface area contributed by atoms with E-state index in [-0.39, 0.29) is 60.9 Å². The van der Waals surface area contributed by atoms with E-state index < -0.39 is 23.9 Å². The van der Waals surface area contributed by atoms with E-state index in [2.05, 4.69) is 30.6 Å². The van der Waals surface area contributed by atoms with Gasteiger partial charge in [0.2, 0.25) is 11.8 Å². The third kappa shape index (κ3) is 13.8. The molecule has 10 nitrogen and oxygen atoms in total. The van der Waals surface area contributed by atoms with Gasteiger partial charge in [-0.3, -0.25) is 14.4 Å². The molecule has 3 fully saturated rings. The molecule has 0 bridgehead atoms. The van der Waals surface area contributed by atoms with Gasteiger partial charge in [-0.15, -0.1) is 0 Å². The monoisotopic (exact) mass is 704 g/mol. The van der Waals surface area contributed by atoms with E-state index in [1.54, 1.807) is 26.0 Å². The Morgan fingerprint density at radius 1 is 0.900 bits per heavy atom. The Bertz CT molecular complexity index is 1140. The van der Waals surface area contributed by atoms with Crippen LogP contribution in [-0.2, 0) is 28.6 Å². The molecule has 0 radical (unpaired) electrons. The second-order valence-electron chi connectivity index (χ2n) is 15.7. The first-order valence-corrected chi connectivity index (χ1v) is 19.5. The highest BCUT2D eigenvalue weighted by atomic mass is 16.7. The maximum Gasteiger partial charge on any atom is 0.225 e. The molecule has 0 aromatic rings. The Balaban J connectivity index is 1.36. The Morgan fingerprint density at radius 2 is 1.64 bits per heavy atom. The summed E-state index contributed by atoms with van der Waals surface area (Å²) in [6.07, 6.45) is 14.5. The highest BCUT2D eigenvalue weighted by Crippen LogP contribution is 2.43. The highest BCUT2D eigenvalue weighted by Gasteiger charge is 2.44. The fourth-order valence-corrected chi connectivity index (χ4v) is 7.51. The number of aliphatic hydroxyl groups is 2. The molecule has 3 rings (SSSR count). The molecule has 2 amide bonds. The zero-order valence-electron chi connectivity index (χ0n) is 32.0. The van der Waals surface area contributed by atoms with Crippen LogP contribution in [0.4, 0.5) is 0 Å². The van der Waals surface area contributed by atoms with Crippen LogP contribution in [0.1, 0.15) is 132 Å². The van der Waals surface area contributed by atoms with Crippen molar-refractivity contribution in [1.82, 2.24) is 10.6 Å². The van der Waals surface area contributed by atoms with Crippen LogP contribution in [0.2, 0.25) is 0 Å². The van der Waals surface area contributed by atoms with E-state index >= 15 is 0 Å². The first-order valence-electron chi connectivity index (χ1n) is 19.5. The van der Waals surface area contributed by atoms with E-state index in [1.807, 2.05) is 20.8 Å². The van der Waals surface area contributed by atoms with Gasteiger partial charge in [0.25, 0.3) is 0 Å². The third-order valence-electron chi connectivity index (χ3n) is 11.2. The molecule has 3 heterocycles. The molecule has 1 spiro atoms. The number of nitrogens with one attached hydrogen (secondary N) is 2. The number of ketones is 1. The quantitative estimate of drug-likeness (QED) is 0.0782. The van der Waals surface area contributed by atoms with E-state index in [1.165, 1.54) is 0 Å². The predicted octanol–water partition coefficient (Wildman–Crippen LogP) is 5.93. The minimum atomic E-state index is -1.02. The molecule has 10 heteroatoms. The third-order valence-corrected chi connectivity index (χ3v) is 11.2. The van der Waals surface area contributed by atoms with Crippen molar-refractivity contribution in [3.63, 3.8) is 0 Å². The van der Waals surface area contributed by atoms with Gasteiger partial charge in [-0.25, -0.2) is 0 Å². The van der Waals surface area contributed by atoms with Gasteiger partial charge in [0.05, 0.1) is 49.0 Å². The summed E-state index contributed by atoms with van der Waals surface area (Å²) in [6.45, 7) is 14.2. The first-order chi connectivity index (χ1) is 23.7. The van der Waals surface area contributed by atoms with E-state index in [4.69, 9.17) is 14.2 Å². The molecule has 0 aliphatic carbocycles. The second-order valence-corrected chi connectivity index (χ2v) is 15.7. The van der Waals surface area contributed by atoms with Gasteiger partial charge in [0, 0.05) is 32.4 Å². The number of allylic oxidation sites excluding steroid dienone is 3. The van der Waals surface area contributed by atoms with Crippen molar-refractivity contribution in [3.8, 4) is 0 Å². The molecule has 3 aliphatic rings. The van der Waals surface area contributed by atoms with Crippen LogP contribution in [-0.4, -0.2) is 83.3 Å². The predicted molar refractivity (Wildman–Crippen MR) is 195 cm³/mol. The van der Waals surface area contributed by atoms with Crippen LogP contribution in [0, 0.1) is 23.7 Å². The zero-order valence-corrected chi connectivity index (χ0v) is 32.0. The van der Waals surface area contributed by atoms with Gasteiger partial charge in [-0.1, -0.05) is 39.8 Å². The van der Waals surface area contributed by atoms with Crippen LogP contribution in [0.3, 0.4) is 0 Å². The number of aliphatic hydroxyl groups excluding tert-OH is 2. The van der Waals surface area contributed by atoms with Gasteiger partial charge in [-0.05, 0) is 108 Å². The average Bonchev–Trinajstić information content (AvgIpc) is 3.07. The summed E-state index contributed by atoms with van der Waals surface area (Å²) in [7, 11) is 0. The number of carbonyl (C=O) groups excluding carboxylic acids is 3. The van der Waals surface area contributed by atoms with E-state index in [0.717, 1.165) is 76.2 Å². The van der Waals surface area contributed by atoms with Gasteiger partial charge in [0.15, 0.2) is 11.6 Å². The maximum atomic E-state index is 12.9. The Kier molecular flexibility index (Phi) is 17.6. The summed E-state index contributed by atoms with van der Waals surface area (Å²) in [5.41, 5.74) is 1.01. The number of rotatable bonds is 18. The second kappa shape index (κ2) is 20.8. The smallest absolute Gasteiger partial charge is 0.225 e. The molecule has 286 valence electrons. The van der Waals surface area contributed by atoms with Crippen molar-refractivity contribution in [1.29, 1.82) is 0 Å². The molecular weight excluding hydrogens is 636 g/mol. The first kappa shape index (κ1) is 42.3. The lowest BCUT2D eigenvalue weighted by Gasteiger charge is -2.48. The molecule has 0 saturated carbocycles. The average molecular weight is 705 g/mol. The van der Waals surface area contributed by atoms with Crippen molar-refractivity contribution in [2.45, 2.75) is 174 Å². The number of amides is 2. The van der Waals surface area contributed by atoms with E-state index in [9.17, 15) is 24.6 Å². The summed E-state index contributed by atoms with van der Waals surface area (Å²) < 4.78 is 19.5. The number of ether oxygens (including phenoxy) is 3. The molecule has 0 aromatic heterocycles. The fraction of sp³-hybridized carbons (Fsp3) is 0.825. The van der Waals surface area contributed by atoms with Gasteiger partial charge in [0.1, 0.15) is 0 Å². The van der Waals surface area contributed by atoms with Crippen LogP contribution in [0.5, 0.6) is 0 Å². The van der Waals surface area contributed by atoms with Crippen LogP contribution >= 0.6 is 0 Å². The van der Waals surface area contributed by atoms with Crippen molar-refractivity contribution in [2.75, 3.05) is 13.1 Å². The van der Waals surface area contributed by atoms with E-state index in [0.29, 0.717) is 24.8 Å². The van der Waals surface area contributed by atoms with Crippen molar-refractivity contribution >= 4 is 17.6 Å². The SMILES string of the molecule is C/C=C/C(=O)CC1CCC(C)C(CC(=O)NCC(O)C(C)C(=O)NCCCC2OC3(CCCC(CCC(C)/C=C(\C)C(C)O)O3)CCC2C)O1. The maximum absolute atomic E-state index is 12.9. The fourth-order valence-electron chi connectivity index (χ4n) is 7.51. The van der Waals surface area contributed by atoms with Gasteiger partial charge >= 0.3 is 0 Å². The summed E-state index contributed by atoms with van der Waals surface area (Å²) in [5.74, 6) is -0.680.